The van der Waals surface area contributed by atoms with Crippen LogP contribution in [-0.4, -0.2) is 48.9 Å². The van der Waals surface area contributed by atoms with E-state index in [1.54, 1.807) is 10.4 Å². The number of sulfonamides is 1. The van der Waals surface area contributed by atoms with Crippen LogP contribution in [0.3, 0.4) is 0 Å². The molecule has 5 nitrogen and oxygen atoms in total. The lowest BCUT2D eigenvalue weighted by molar-refractivity contribution is 0.180. The number of aryl methyl sites for hydroxylation is 4. The van der Waals surface area contributed by atoms with E-state index in [2.05, 4.69) is 4.90 Å². The number of piperazine rings is 1. The SMILES string of the molecule is Cc1ccc(S(=O)(=O)N2CCN(Cc3cc(C)cc(C)c3O)CC2)c(C)c1. The Hall–Kier alpha value is -1.89. The number of benzene rings is 2. The van der Waals surface area contributed by atoms with Crippen LogP contribution in [0.15, 0.2) is 35.2 Å². The van der Waals surface area contributed by atoms with E-state index in [1.807, 2.05) is 52.0 Å². The van der Waals surface area contributed by atoms with Gasteiger partial charge in [-0.2, -0.15) is 4.31 Å². The van der Waals surface area contributed by atoms with Crippen molar-refractivity contribution in [2.45, 2.75) is 39.1 Å². The van der Waals surface area contributed by atoms with Crippen LogP contribution in [0.2, 0.25) is 0 Å². The summed E-state index contributed by atoms with van der Waals surface area (Å²) in [6, 6.07) is 9.43. The second-order valence-electron chi connectivity index (χ2n) is 7.54. The van der Waals surface area contributed by atoms with Crippen LogP contribution in [0.25, 0.3) is 0 Å². The molecule has 1 heterocycles. The zero-order valence-electron chi connectivity index (χ0n) is 16.5. The number of hydrogen-bond donors (Lipinski definition) is 1. The first-order chi connectivity index (χ1) is 12.7. The van der Waals surface area contributed by atoms with Crippen LogP contribution in [0.5, 0.6) is 5.75 Å². The Balaban J connectivity index is 1.70. The Morgan fingerprint density at radius 3 is 2.15 bits per heavy atom. The fraction of sp³-hybridized carbons (Fsp3) is 0.429. The van der Waals surface area contributed by atoms with E-state index >= 15 is 0 Å². The highest BCUT2D eigenvalue weighted by molar-refractivity contribution is 7.89. The molecule has 0 spiro atoms. The van der Waals surface area contributed by atoms with Crippen molar-refractivity contribution in [2.75, 3.05) is 26.2 Å². The average Bonchev–Trinajstić information content (AvgIpc) is 2.59. The summed E-state index contributed by atoms with van der Waals surface area (Å²) < 4.78 is 27.6. The van der Waals surface area contributed by atoms with E-state index in [1.165, 1.54) is 0 Å². The quantitative estimate of drug-likeness (QED) is 0.874. The highest BCUT2D eigenvalue weighted by Crippen LogP contribution is 2.26. The van der Waals surface area contributed by atoms with Crippen molar-refractivity contribution < 1.29 is 13.5 Å². The van der Waals surface area contributed by atoms with Gasteiger partial charge in [0.05, 0.1) is 4.90 Å². The normalized spacial score (nSPS) is 16.6. The highest BCUT2D eigenvalue weighted by atomic mass is 32.2. The molecule has 27 heavy (non-hydrogen) atoms. The molecular weight excluding hydrogens is 360 g/mol. The van der Waals surface area contributed by atoms with Crippen molar-refractivity contribution in [3.8, 4) is 5.75 Å². The molecule has 0 atom stereocenters. The molecule has 2 aromatic carbocycles. The molecule has 0 bridgehead atoms. The lowest BCUT2D eigenvalue weighted by atomic mass is 10.0. The molecule has 1 saturated heterocycles. The number of nitrogens with zero attached hydrogens (tertiary/aromatic N) is 2. The molecule has 1 N–H and O–H groups in total. The zero-order chi connectivity index (χ0) is 19.8. The fourth-order valence-electron chi connectivity index (χ4n) is 3.77. The van der Waals surface area contributed by atoms with Crippen molar-refractivity contribution in [3.05, 3.63) is 58.1 Å². The predicted molar refractivity (Wildman–Crippen MR) is 108 cm³/mol. The van der Waals surface area contributed by atoms with E-state index in [9.17, 15) is 13.5 Å². The van der Waals surface area contributed by atoms with Gasteiger partial charge in [0.25, 0.3) is 0 Å². The van der Waals surface area contributed by atoms with Crippen molar-refractivity contribution in [3.63, 3.8) is 0 Å². The molecule has 0 saturated carbocycles. The number of hydrogen-bond acceptors (Lipinski definition) is 4. The minimum Gasteiger partial charge on any atom is -0.507 e. The maximum Gasteiger partial charge on any atom is 0.243 e. The smallest absolute Gasteiger partial charge is 0.243 e. The molecule has 146 valence electrons. The Bertz CT molecular complexity index is 946. The molecule has 0 aliphatic carbocycles. The highest BCUT2D eigenvalue weighted by Gasteiger charge is 2.29. The summed E-state index contributed by atoms with van der Waals surface area (Å²) in [4.78, 5) is 2.59. The van der Waals surface area contributed by atoms with Crippen LogP contribution in [-0.2, 0) is 16.6 Å². The van der Waals surface area contributed by atoms with Gasteiger partial charge in [-0.1, -0.05) is 35.4 Å². The molecule has 1 aliphatic rings. The van der Waals surface area contributed by atoms with Gasteiger partial charge in [0, 0.05) is 38.3 Å². The van der Waals surface area contributed by atoms with Crippen molar-refractivity contribution in [1.82, 2.24) is 9.21 Å². The minimum atomic E-state index is -3.47. The van der Waals surface area contributed by atoms with Gasteiger partial charge in [0.15, 0.2) is 0 Å². The standard InChI is InChI=1S/C21H28N2O3S/c1-15-5-6-20(17(3)11-15)27(25,26)23-9-7-22(8-10-23)14-19-13-16(2)12-18(4)21(19)24/h5-6,11-13,24H,7-10,14H2,1-4H3. The average molecular weight is 389 g/mol. The molecule has 0 radical (unpaired) electrons. The Labute approximate surface area is 162 Å². The second-order valence-corrected chi connectivity index (χ2v) is 9.45. The summed E-state index contributed by atoms with van der Waals surface area (Å²) in [5.41, 5.74) is 4.75. The number of rotatable bonds is 4. The molecule has 2 aromatic rings. The number of phenols is 1. The summed E-state index contributed by atoms with van der Waals surface area (Å²) in [5, 5.41) is 10.3. The molecule has 0 aromatic heterocycles. The lowest BCUT2D eigenvalue weighted by Crippen LogP contribution is -2.48. The molecule has 6 heteroatoms. The second kappa shape index (κ2) is 7.62. The van der Waals surface area contributed by atoms with E-state index in [0.29, 0.717) is 43.4 Å². The largest absolute Gasteiger partial charge is 0.507 e. The maximum atomic E-state index is 13.0. The summed E-state index contributed by atoms with van der Waals surface area (Å²) in [5.74, 6) is 0.339. The first-order valence-corrected chi connectivity index (χ1v) is 10.7. The van der Waals surface area contributed by atoms with Crippen molar-refractivity contribution in [2.24, 2.45) is 0 Å². The van der Waals surface area contributed by atoms with Crippen LogP contribution in [0, 0.1) is 27.7 Å². The molecule has 1 aliphatic heterocycles. The van der Waals surface area contributed by atoms with Crippen LogP contribution < -0.4 is 0 Å². The summed E-state index contributed by atoms with van der Waals surface area (Å²) in [6.45, 7) is 10.6. The van der Waals surface area contributed by atoms with Gasteiger partial charge in [-0.3, -0.25) is 4.90 Å². The molecule has 1 fully saturated rings. The molecule has 3 rings (SSSR count). The van der Waals surface area contributed by atoms with Gasteiger partial charge in [0.2, 0.25) is 10.0 Å². The van der Waals surface area contributed by atoms with Gasteiger partial charge in [-0.05, 0) is 44.9 Å². The summed E-state index contributed by atoms with van der Waals surface area (Å²) >= 11 is 0. The maximum absolute atomic E-state index is 13.0. The summed E-state index contributed by atoms with van der Waals surface area (Å²) in [7, 11) is -3.47. The van der Waals surface area contributed by atoms with E-state index < -0.39 is 10.0 Å². The third-order valence-corrected chi connectivity index (χ3v) is 7.26. The van der Waals surface area contributed by atoms with E-state index in [0.717, 1.165) is 27.8 Å². The van der Waals surface area contributed by atoms with Crippen molar-refractivity contribution in [1.29, 1.82) is 0 Å². The minimum absolute atomic E-state index is 0.339. The van der Waals surface area contributed by atoms with Crippen molar-refractivity contribution >= 4 is 10.0 Å². The Morgan fingerprint density at radius 1 is 0.889 bits per heavy atom. The lowest BCUT2D eigenvalue weighted by Gasteiger charge is -2.34. The molecular formula is C21H28N2O3S. The third kappa shape index (κ3) is 4.18. The topological polar surface area (TPSA) is 60.9 Å². The van der Waals surface area contributed by atoms with E-state index in [-0.39, 0.29) is 0 Å². The third-order valence-electron chi connectivity index (χ3n) is 5.20. The first kappa shape index (κ1) is 19.9. The summed E-state index contributed by atoms with van der Waals surface area (Å²) in [6.07, 6.45) is 0. The van der Waals surface area contributed by atoms with E-state index in [4.69, 9.17) is 0 Å². The zero-order valence-corrected chi connectivity index (χ0v) is 17.3. The van der Waals surface area contributed by atoms with Gasteiger partial charge in [-0.15, -0.1) is 0 Å². The fourth-order valence-corrected chi connectivity index (χ4v) is 5.39. The van der Waals surface area contributed by atoms with Gasteiger partial charge >= 0.3 is 0 Å². The Kier molecular flexibility index (Phi) is 5.60. The number of phenolic OH excluding ortho intramolecular Hbond substituents is 1. The van der Waals surface area contributed by atoms with Gasteiger partial charge in [-0.25, -0.2) is 8.42 Å². The Morgan fingerprint density at radius 2 is 1.52 bits per heavy atom. The van der Waals surface area contributed by atoms with Crippen LogP contribution in [0.1, 0.15) is 27.8 Å². The number of aromatic hydroxyl groups is 1. The van der Waals surface area contributed by atoms with Gasteiger partial charge < -0.3 is 5.11 Å². The molecule has 0 amide bonds. The van der Waals surface area contributed by atoms with Crippen LogP contribution in [0.4, 0.5) is 0 Å². The van der Waals surface area contributed by atoms with Gasteiger partial charge in [0.1, 0.15) is 5.75 Å². The predicted octanol–water partition coefficient (Wildman–Crippen LogP) is 3.13. The monoisotopic (exact) mass is 388 g/mol. The molecule has 0 unspecified atom stereocenters. The van der Waals surface area contributed by atoms with Crippen LogP contribution >= 0.6 is 0 Å². The first-order valence-electron chi connectivity index (χ1n) is 9.27.